The van der Waals surface area contributed by atoms with Crippen LogP contribution in [0.15, 0.2) is 18.2 Å². The van der Waals surface area contributed by atoms with Crippen molar-refractivity contribution in [3.05, 3.63) is 28.8 Å². The zero-order valence-electron chi connectivity index (χ0n) is 8.79. The van der Waals surface area contributed by atoms with Crippen molar-refractivity contribution in [3.63, 3.8) is 0 Å². The van der Waals surface area contributed by atoms with Crippen LogP contribution in [0.2, 0.25) is 5.02 Å². The summed E-state index contributed by atoms with van der Waals surface area (Å²) in [6, 6.07) is 5.66. The first-order valence-corrected chi connectivity index (χ1v) is 5.31. The number of benzene rings is 1. The number of methoxy groups -OCH3 is 1. The third-order valence-corrected chi connectivity index (χ3v) is 2.84. The molecule has 1 fully saturated rings. The van der Waals surface area contributed by atoms with Gasteiger partial charge in [-0.3, -0.25) is 5.32 Å². The quantitative estimate of drug-likeness (QED) is 0.842. The van der Waals surface area contributed by atoms with Crippen molar-refractivity contribution in [1.29, 1.82) is 0 Å². The topological polar surface area (TPSA) is 30.5 Å². The molecule has 2 unspecified atom stereocenters. The molecule has 82 valence electrons. The van der Waals surface area contributed by atoms with Gasteiger partial charge in [-0.05, 0) is 19.1 Å². The maximum Gasteiger partial charge on any atom is 0.120 e. The Kier molecular flexibility index (Phi) is 3.14. The monoisotopic (exact) mass is 227 g/mol. The van der Waals surface area contributed by atoms with Gasteiger partial charge in [0.25, 0.3) is 0 Å². The zero-order valence-corrected chi connectivity index (χ0v) is 9.54. The zero-order chi connectivity index (χ0) is 10.8. The molecule has 0 spiro atoms. The van der Waals surface area contributed by atoms with Crippen molar-refractivity contribution in [2.75, 3.05) is 13.7 Å². The third-order valence-electron chi connectivity index (χ3n) is 2.51. The van der Waals surface area contributed by atoms with E-state index in [9.17, 15) is 0 Å². The molecule has 0 aromatic heterocycles. The Morgan fingerprint density at radius 1 is 1.53 bits per heavy atom. The highest BCUT2D eigenvalue weighted by atomic mass is 35.5. The molecule has 1 aromatic carbocycles. The number of ether oxygens (including phenoxy) is 2. The predicted octanol–water partition coefficient (Wildman–Crippen LogP) is 2.36. The molecule has 3 nitrogen and oxygen atoms in total. The second-order valence-corrected chi connectivity index (χ2v) is 3.97. The maximum atomic E-state index is 6.15. The highest BCUT2D eigenvalue weighted by Crippen LogP contribution is 2.31. The molecule has 1 heterocycles. The average molecular weight is 228 g/mol. The largest absolute Gasteiger partial charge is 0.497 e. The Labute approximate surface area is 94.3 Å². The molecule has 0 radical (unpaired) electrons. The van der Waals surface area contributed by atoms with Crippen LogP contribution in [-0.4, -0.2) is 19.9 Å². The van der Waals surface area contributed by atoms with E-state index < -0.39 is 0 Å². The average Bonchev–Trinajstić information content (AvgIpc) is 2.64. The van der Waals surface area contributed by atoms with Gasteiger partial charge in [-0.15, -0.1) is 0 Å². The van der Waals surface area contributed by atoms with Gasteiger partial charge < -0.3 is 9.47 Å². The van der Waals surface area contributed by atoms with E-state index in [1.54, 1.807) is 7.11 Å². The Morgan fingerprint density at radius 3 is 2.87 bits per heavy atom. The summed E-state index contributed by atoms with van der Waals surface area (Å²) in [7, 11) is 1.63. The standard InChI is InChI=1S/C11H14ClNO2/c1-7-13-6-11(15-7)9-4-3-8(14-2)5-10(9)12/h3-5,7,11,13H,6H2,1-2H3. The molecule has 1 N–H and O–H groups in total. The van der Waals surface area contributed by atoms with Crippen molar-refractivity contribution in [1.82, 2.24) is 5.32 Å². The molecule has 0 saturated carbocycles. The van der Waals surface area contributed by atoms with Crippen molar-refractivity contribution < 1.29 is 9.47 Å². The second-order valence-electron chi connectivity index (χ2n) is 3.56. The smallest absolute Gasteiger partial charge is 0.120 e. The van der Waals surface area contributed by atoms with Crippen LogP contribution >= 0.6 is 11.6 Å². The van der Waals surface area contributed by atoms with Crippen LogP contribution in [0.4, 0.5) is 0 Å². The van der Waals surface area contributed by atoms with Gasteiger partial charge in [0.05, 0.1) is 18.2 Å². The van der Waals surface area contributed by atoms with Crippen molar-refractivity contribution in [2.24, 2.45) is 0 Å². The van der Waals surface area contributed by atoms with E-state index in [-0.39, 0.29) is 12.3 Å². The van der Waals surface area contributed by atoms with Crippen LogP contribution in [0.1, 0.15) is 18.6 Å². The van der Waals surface area contributed by atoms with Gasteiger partial charge in [0.15, 0.2) is 0 Å². The first kappa shape index (κ1) is 10.7. The highest BCUT2D eigenvalue weighted by molar-refractivity contribution is 6.31. The molecule has 2 rings (SSSR count). The fraction of sp³-hybridized carbons (Fsp3) is 0.455. The summed E-state index contributed by atoms with van der Waals surface area (Å²) in [6.45, 7) is 2.78. The molecule has 4 heteroatoms. The number of nitrogens with one attached hydrogen (secondary N) is 1. The molecular formula is C11H14ClNO2. The van der Waals surface area contributed by atoms with Crippen LogP contribution in [0.5, 0.6) is 5.75 Å². The molecule has 0 amide bonds. The van der Waals surface area contributed by atoms with Crippen molar-refractivity contribution in [3.8, 4) is 5.75 Å². The summed E-state index contributed by atoms with van der Waals surface area (Å²) in [6.07, 6.45) is 0.131. The lowest BCUT2D eigenvalue weighted by molar-refractivity contribution is 0.0530. The number of rotatable bonds is 2. The minimum atomic E-state index is 0.0402. The summed E-state index contributed by atoms with van der Waals surface area (Å²) >= 11 is 6.15. The predicted molar refractivity (Wildman–Crippen MR) is 59.3 cm³/mol. The Morgan fingerprint density at radius 2 is 2.33 bits per heavy atom. The van der Waals surface area contributed by atoms with Gasteiger partial charge in [0.2, 0.25) is 0 Å². The molecule has 2 atom stereocenters. The first-order valence-electron chi connectivity index (χ1n) is 4.93. The lowest BCUT2D eigenvalue weighted by Crippen LogP contribution is -2.17. The highest BCUT2D eigenvalue weighted by Gasteiger charge is 2.24. The SMILES string of the molecule is COc1ccc(C2CNC(C)O2)c(Cl)c1. The first-order chi connectivity index (χ1) is 7.20. The van der Waals surface area contributed by atoms with E-state index >= 15 is 0 Å². The van der Waals surface area contributed by atoms with Gasteiger partial charge in [-0.25, -0.2) is 0 Å². The van der Waals surface area contributed by atoms with Crippen LogP contribution in [0.25, 0.3) is 0 Å². The molecule has 1 aliphatic heterocycles. The Balaban J connectivity index is 2.21. The molecule has 0 bridgehead atoms. The van der Waals surface area contributed by atoms with Crippen molar-refractivity contribution in [2.45, 2.75) is 19.3 Å². The summed E-state index contributed by atoms with van der Waals surface area (Å²) in [5, 5.41) is 3.90. The number of hydrogen-bond donors (Lipinski definition) is 1. The summed E-state index contributed by atoms with van der Waals surface area (Å²) in [5.41, 5.74) is 1.01. The van der Waals surface area contributed by atoms with E-state index in [0.29, 0.717) is 5.02 Å². The van der Waals surface area contributed by atoms with Crippen LogP contribution < -0.4 is 10.1 Å². The second kappa shape index (κ2) is 4.39. The lowest BCUT2D eigenvalue weighted by atomic mass is 10.1. The fourth-order valence-corrected chi connectivity index (χ4v) is 1.99. The van der Waals surface area contributed by atoms with E-state index in [1.807, 2.05) is 25.1 Å². The van der Waals surface area contributed by atoms with Gasteiger partial charge in [-0.1, -0.05) is 17.7 Å². The van der Waals surface area contributed by atoms with E-state index in [4.69, 9.17) is 21.1 Å². The Bertz CT molecular complexity index is 356. The summed E-state index contributed by atoms with van der Waals surface area (Å²) in [4.78, 5) is 0. The van der Waals surface area contributed by atoms with E-state index in [1.165, 1.54) is 0 Å². The Hall–Kier alpha value is -0.770. The minimum Gasteiger partial charge on any atom is -0.497 e. The normalized spacial score (nSPS) is 25.5. The fourth-order valence-electron chi connectivity index (χ4n) is 1.69. The molecule has 0 aliphatic carbocycles. The molecule has 15 heavy (non-hydrogen) atoms. The van der Waals surface area contributed by atoms with Gasteiger partial charge in [0, 0.05) is 12.1 Å². The van der Waals surface area contributed by atoms with Gasteiger partial charge in [0.1, 0.15) is 12.0 Å². The molecular weight excluding hydrogens is 214 g/mol. The maximum absolute atomic E-state index is 6.15. The van der Waals surface area contributed by atoms with Crippen LogP contribution in [0.3, 0.4) is 0 Å². The summed E-state index contributed by atoms with van der Waals surface area (Å²) < 4.78 is 10.8. The van der Waals surface area contributed by atoms with E-state index in [0.717, 1.165) is 17.9 Å². The van der Waals surface area contributed by atoms with Crippen LogP contribution in [-0.2, 0) is 4.74 Å². The molecule has 1 aliphatic rings. The third kappa shape index (κ3) is 2.25. The van der Waals surface area contributed by atoms with E-state index in [2.05, 4.69) is 5.32 Å². The summed E-state index contributed by atoms with van der Waals surface area (Å²) in [5.74, 6) is 0.766. The minimum absolute atomic E-state index is 0.0402. The van der Waals surface area contributed by atoms with Gasteiger partial charge in [-0.2, -0.15) is 0 Å². The lowest BCUT2D eigenvalue weighted by Gasteiger charge is -2.12. The molecule has 1 aromatic rings. The number of halogens is 1. The van der Waals surface area contributed by atoms with Gasteiger partial charge >= 0.3 is 0 Å². The van der Waals surface area contributed by atoms with Crippen molar-refractivity contribution >= 4 is 11.6 Å². The van der Waals surface area contributed by atoms with Crippen LogP contribution in [0, 0.1) is 0 Å². The number of hydrogen-bond acceptors (Lipinski definition) is 3. The molecule has 1 saturated heterocycles.